The third-order valence-electron chi connectivity index (χ3n) is 3.21. The van der Waals surface area contributed by atoms with Crippen LogP contribution in [0.15, 0.2) is 12.1 Å². The van der Waals surface area contributed by atoms with E-state index in [0.717, 1.165) is 0 Å². The normalized spacial score (nSPS) is 9.88. The van der Waals surface area contributed by atoms with Crippen molar-refractivity contribution >= 4 is 23.5 Å². The Labute approximate surface area is 145 Å². The Morgan fingerprint density at radius 2 is 1.60 bits per heavy atom. The van der Waals surface area contributed by atoms with Gasteiger partial charge in [-0.15, -0.1) is 0 Å². The van der Waals surface area contributed by atoms with Crippen LogP contribution in [-0.2, 0) is 9.59 Å². The highest BCUT2D eigenvalue weighted by molar-refractivity contribution is 5.93. The van der Waals surface area contributed by atoms with Crippen LogP contribution in [0.4, 0.5) is 10.5 Å². The molecule has 0 bridgehead atoms. The maximum absolute atomic E-state index is 11.9. The van der Waals surface area contributed by atoms with E-state index in [1.54, 1.807) is 12.1 Å². The molecular weight excluding hydrogens is 332 g/mol. The molecule has 1 aromatic carbocycles. The molecule has 0 spiro atoms. The molecule has 2 amide bonds. The fourth-order valence-corrected chi connectivity index (χ4v) is 2.03. The van der Waals surface area contributed by atoms with Crippen molar-refractivity contribution in [3.63, 3.8) is 0 Å². The van der Waals surface area contributed by atoms with Crippen LogP contribution in [0.3, 0.4) is 0 Å². The number of Topliss-reactive ketones (excluding diaryl/α,β-unsaturated/α-hetero) is 1. The summed E-state index contributed by atoms with van der Waals surface area (Å²) >= 11 is 0. The van der Waals surface area contributed by atoms with Gasteiger partial charge in [0.05, 0.1) is 33.6 Å². The Kier molecular flexibility index (Phi) is 8.04. The van der Waals surface area contributed by atoms with Crippen molar-refractivity contribution < 1.29 is 33.7 Å². The quantitative estimate of drug-likeness (QED) is 0.584. The Hall–Kier alpha value is -2.97. The van der Waals surface area contributed by atoms with E-state index in [0.29, 0.717) is 22.9 Å². The number of hydrogen-bond donors (Lipinski definition) is 3. The molecule has 3 N–H and O–H groups in total. The first kappa shape index (κ1) is 20.1. The number of anilines is 1. The second-order valence-electron chi connectivity index (χ2n) is 5.01. The summed E-state index contributed by atoms with van der Waals surface area (Å²) in [4.78, 5) is 33.8. The summed E-state index contributed by atoms with van der Waals surface area (Å²) in [6.07, 6.45) is 0.254. The molecule has 138 valence electrons. The molecule has 0 saturated carbocycles. The summed E-state index contributed by atoms with van der Waals surface area (Å²) in [5.41, 5.74) is 0.394. The van der Waals surface area contributed by atoms with Crippen molar-refractivity contribution in [2.75, 3.05) is 33.2 Å². The topological polar surface area (TPSA) is 123 Å². The minimum absolute atomic E-state index is 0.0800. The summed E-state index contributed by atoms with van der Waals surface area (Å²) in [7, 11) is 4.38. The number of carboxylic acids is 1. The van der Waals surface area contributed by atoms with Crippen molar-refractivity contribution in [3.8, 4) is 17.2 Å². The number of nitrogens with one attached hydrogen (secondary N) is 2. The van der Waals surface area contributed by atoms with Gasteiger partial charge in [0.2, 0.25) is 5.75 Å². The number of urea groups is 1. The van der Waals surface area contributed by atoms with Crippen molar-refractivity contribution in [1.82, 2.24) is 5.32 Å². The molecular formula is C16H22N2O7. The van der Waals surface area contributed by atoms with E-state index in [1.165, 1.54) is 21.3 Å². The van der Waals surface area contributed by atoms with Crippen LogP contribution in [0.1, 0.15) is 19.3 Å². The molecule has 0 saturated heterocycles. The monoisotopic (exact) mass is 354 g/mol. The number of hydrogen-bond acceptors (Lipinski definition) is 6. The van der Waals surface area contributed by atoms with Gasteiger partial charge in [-0.1, -0.05) is 0 Å². The molecule has 0 radical (unpaired) electrons. The van der Waals surface area contributed by atoms with Crippen molar-refractivity contribution in [1.29, 1.82) is 0 Å². The maximum Gasteiger partial charge on any atom is 0.319 e. The van der Waals surface area contributed by atoms with E-state index in [1.807, 2.05) is 0 Å². The van der Waals surface area contributed by atoms with E-state index in [4.69, 9.17) is 19.3 Å². The number of carbonyl (C=O) groups excluding carboxylic acids is 2. The summed E-state index contributed by atoms with van der Waals surface area (Å²) in [6, 6.07) is 2.52. The van der Waals surface area contributed by atoms with E-state index >= 15 is 0 Å². The molecule has 1 aromatic rings. The molecule has 0 unspecified atom stereocenters. The van der Waals surface area contributed by atoms with Crippen molar-refractivity contribution in [3.05, 3.63) is 12.1 Å². The van der Waals surface area contributed by atoms with E-state index in [9.17, 15) is 14.4 Å². The highest BCUT2D eigenvalue weighted by Gasteiger charge is 2.14. The number of amides is 2. The second-order valence-corrected chi connectivity index (χ2v) is 5.01. The Morgan fingerprint density at radius 3 is 2.08 bits per heavy atom. The van der Waals surface area contributed by atoms with Gasteiger partial charge in [-0.2, -0.15) is 0 Å². The lowest BCUT2D eigenvalue weighted by Gasteiger charge is -2.14. The number of aliphatic carboxylic acids is 1. The smallest absolute Gasteiger partial charge is 0.319 e. The lowest BCUT2D eigenvalue weighted by atomic mass is 10.2. The first-order valence-electron chi connectivity index (χ1n) is 7.49. The Balaban J connectivity index is 2.59. The van der Waals surface area contributed by atoms with Crippen LogP contribution in [0.5, 0.6) is 17.2 Å². The average Bonchev–Trinajstić information content (AvgIpc) is 2.58. The van der Waals surface area contributed by atoms with Gasteiger partial charge in [0.1, 0.15) is 0 Å². The van der Waals surface area contributed by atoms with Gasteiger partial charge in [-0.3, -0.25) is 9.59 Å². The van der Waals surface area contributed by atoms with Gasteiger partial charge in [-0.25, -0.2) is 4.79 Å². The van der Waals surface area contributed by atoms with Gasteiger partial charge < -0.3 is 30.0 Å². The number of ketones is 1. The Bertz CT molecular complexity index is 606. The largest absolute Gasteiger partial charge is 0.493 e. The van der Waals surface area contributed by atoms with E-state index < -0.39 is 12.0 Å². The summed E-state index contributed by atoms with van der Waals surface area (Å²) in [5.74, 6) is -0.0597. The predicted molar refractivity (Wildman–Crippen MR) is 89.6 cm³/mol. The first-order valence-corrected chi connectivity index (χ1v) is 7.49. The number of carboxylic acid groups (broad SMARTS) is 1. The van der Waals surface area contributed by atoms with Gasteiger partial charge in [0.15, 0.2) is 17.3 Å². The zero-order valence-corrected chi connectivity index (χ0v) is 14.4. The first-order chi connectivity index (χ1) is 11.9. The summed E-state index contributed by atoms with van der Waals surface area (Å²) < 4.78 is 15.6. The third-order valence-corrected chi connectivity index (χ3v) is 3.21. The van der Waals surface area contributed by atoms with Crippen molar-refractivity contribution in [2.45, 2.75) is 19.3 Å². The lowest BCUT2D eigenvalue weighted by Crippen LogP contribution is -2.33. The Morgan fingerprint density at radius 1 is 1.00 bits per heavy atom. The molecule has 0 aliphatic rings. The molecule has 0 aliphatic carbocycles. The molecule has 0 aliphatic heterocycles. The van der Waals surface area contributed by atoms with Crippen LogP contribution < -0.4 is 24.8 Å². The molecule has 0 fully saturated rings. The number of rotatable bonds is 10. The molecule has 25 heavy (non-hydrogen) atoms. The third kappa shape index (κ3) is 6.58. The molecule has 0 heterocycles. The van der Waals surface area contributed by atoms with Crippen LogP contribution in [0.25, 0.3) is 0 Å². The number of methoxy groups -OCH3 is 3. The lowest BCUT2D eigenvalue weighted by molar-refractivity contribution is -0.137. The van der Waals surface area contributed by atoms with Gasteiger partial charge in [0.25, 0.3) is 0 Å². The highest BCUT2D eigenvalue weighted by Crippen LogP contribution is 2.39. The molecule has 0 atom stereocenters. The van der Waals surface area contributed by atoms with Crippen LogP contribution >= 0.6 is 0 Å². The molecule has 0 aromatic heterocycles. The number of carbonyl (C=O) groups is 3. The molecule has 1 rings (SSSR count). The minimum atomic E-state index is -0.957. The van der Waals surface area contributed by atoms with Gasteiger partial charge in [-0.05, 0) is 6.42 Å². The van der Waals surface area contributed by atoms with Gasteiger partial charge in [0, 0.05) is 25.0 Å². The van der Waals surface area contributed by atoms with Crippen molar-refractivity contribution in [2.24, 2.45) is 0 Å². The molecule has 9 nitrogen and oxygen atoms in total. The van der Waals surface area contributed by atoms with Crippen LogP contribution in [-0.4, -0.2) is 50.8 Å². The fraction of sp³-hybridized carbons (Fsp3) is 0.438. The summed E-state index contributed by atoms with van der Waals surface area (Å²) in [6.45, 7) is -0.185. The van der Waals surface area contributed by atoms with Gasteiger partial charge >= 0.3 is 12.0 Å². The molecule has 9 heteroatoms. The minimum Gasteiger partial charge on any atom is -0.493 e. The van der Waals surface area contributed by atoms with Crippen LogP contribution in [0, 0.1) is 0 Å². The number of ether oxygens (including phenoxy) is 3. The zero-order chi connectivity index (χ0) is 18.8. The van der Waals surface area contributed by atoms with Crippen LogP contribution in [0.2, 0.25) is 0 Å². The predicted octanol–water partition coefficient (Wildman–Crippen LogP) is 1.66. The fourth-order valence-electron chi connectivity index (χ4n) is 2.03. The summed E-state index contributed by atoms with van der Waals surface area (Å²) in [5, 5.41) is 13.5. The zero-order valence-electron chi connectivity index (χ0n) is 14.4. The SMILES string of the molecule is COc1cc(NC(=O)NCC(=O)CCCC(=O)O)cc(OC)c1OC. The highest BCUT2D eigenvalue weighted by atomic mass is 16.5. The average molecular weight is 354 g/mol. The maximum atomic E-state index is 11.9. The second kappa shape index (κ2) is 10.0. The van der Waals surface area contributed by atoms with E-state index in [2.05, 4.69) is 10.6 Å². The number of benzene rings is 1. The van der Waals surface area contributed by atoms with E-state index in [-0.39, 0.29) is 31.6 Å². The standard InChI is InChI=1S/C16H22N2O7/c1-23-12-7-10(8-13(24-2)15(12)25-3)18-16(22)17-9-11(19)5-4-6-14(20)21/h7-8H,4-6,9H2,1-3H3,(H,20,21)(H2,17,18,22).